The fourth-order valence-electron chi connectivity index (χ4n) is 2.50. The Labute approximate surface area is 120 Å². The van der Waals surface area contributed by atoms with Crippen molar-refractivity contribution in [2.24, 2.45) is 11.8 Å². The predicted molar refractivity (Wildman–Crippen MR) is 77.5 cm³/mol. The minimum atomic E-state index is -1.31. The van der Waals surface area contributed by atoms with Gasteiger partial charge in [0.1, 0.15) is 11.4 Å². The van der Waals surface area contributed by atoms with Gasteiger partial charge in [0.25, 0.3) is 0 Å². The minimum Gasteiger partial charge on any atom is -0.497 e. The number of carbonyl (C=O) groups excluding carboxylic acids is 1. The van der Waals surface area contributed by atoms with E-state index < -0.39 is 11.5 Å². The number of esters is 1. The Kier molecular flexibility index (Phi) is 5.57. The Morgan fingerprint density at radius 1 is 1.40 bits per heavy atom. The lowest BCUT2D eigenvalue weighted by Crippen LogP contribution is -2.41. The van der Waals surface area contributed by atoms with Gasteiger partial charge in [-0.2, -0.15) is 0 Å². The van der Waals surface area contributed by atoms with Gasteiger partial charge in [-0.25, -0.2) is 0 Å². The molecule has 0 radical (unpaired) electrons. The van der Waals surface area contributed by atoms with Crippen molar-refractivity contribution in [3.63, 3.8) is 0 Å². The molecule has 0 saturated heterocycles. The van der Waals surface area contributed by atoms with E-state index in [0.29, 0.717) is 17.9 Å². The van der Waals surface area contributed by atoms with Gasteiger partial charge in [0.2, 0.25) is 0 Å². The average Bonchev–Trinajstić information content (AvgIpc) is 2.38. The fraction of sp³-hybridized carbons (Fsp3) is 0.562. The molecular weight excluding hydrogens is 256 g/mol. The topological polar surface area (TPSA) is 55.8 Å². The number of ether oxygens (including phenoxy) is 2. The molecule has 1 N–H and O–H groups in total. The number of hydrogen-bond acceptors (Lipinski definition) is 4. The zero-order valence-electron chi connectivity index (χ0n) is 12.8. The molecule has 0 heterocycles. The van der Waals surface area contributed by atoms with Crippen molar-refractivity contribution in [1.82, 2.24) is 0 Å². The van der Waals surface area contributed by atoms with Crippen LogP contribution in [0, 0.1) is 11.8 Å². The van der Waals surface area contributed by atoms with Gasteiger partial charge in [-0.1, -0.05) is 26.0 Å². The highest BCUT2D eigenvalue weighted by Crippen LogP contribution is 2.36. The molecule has 4 heteroatoms. The molecule has 0 aliphatic heterocycles. The summed E-state index contributed by atoms with van der Waals surface area (Å²) >= 11 is 0. The molecule has 1 aromatic carbocycles. The molecular formula is C16H24O4. The van der Waals surface area contributed by atoms with Crippen molar-refractivity contribution in [2.45, 2.75) is 33.3 Å². The van der Waals surface area contributed by atoms with E-state index in [1.807, 2.05) is 13.8 Å². The Morgan fingerprint density at radius 3 is 2.55 bits per heavy atom. The number of benzene rings is 1. The molecule has 20 heavy (non-hydrogen) atoms. The summed E-state index contributed by atoms with van der Waals surface area (Å²) in [5.41, 5.74) is -0.668. The third-order valence-electron chi connectivity index (χ3n) is 3.47. The summed E-state index contributed by atoms with van der Waals surface area (Å²) in [5.74, 6) is -0.408. The van der Waals surface area contributed by atoms with Crippen LogP contribution in [0.5, 0.6) is 5.75 Å². The standard InChI is InChI=1S/C16H24O4/c1-6-20-15(17)14(11(2)3)16(4,18)12-8-7-9-13(10-12)19-5/h7-11,14,18H,6H2,1-5H3. The predicted octanol–water partition coefficient (Wildman–Crippen LogP) is 2.74. The maximum Gasteiger partial charge on any atom is 0.312 e. The van der Waals surface area contributed by atoms with Gasteiger partial charge < -0.3 is 14.6 Å². The molecule has 0 aliphatic rings. The molecule has 0 spiro atoms. The monoisotopic (exact) mass is 280 g/mol. The summed E-state index contributed by atoms with van der Waals surface area (Å²) in [6, 6.07) is 7.13. The van der Waals surface area contributed by atoms with E-state index >= 15 is 0 Å². The van der Waals surface area contributed by atoms with Crippen molar-refractivity contribution in [2.75, 3.05) is 13.7 Å². The molecule has 112 valence electrons. The Balaban J connectivity index is 3.17. The second-order valence-corrected chi connectivity index (χ2v) is 5.35. The largest absolute Gasteiger partial charge is 0.497 e. The Bertz CT molecular complexity index is 452. The van der Waals surface area contributed by atoms with Gasteiger partial charge in [-0.15, -0.1) is 0 Å². The molecule has 0 aliphatic carbocycles. The first-order valence-electron chi connectivity index (χ1n) is 6.88. The summed E-state index contributed by atoms with van der Waals surface area (Å²) in [6.45, 7) is 7.50. The Hall–Kier alpha value is -1.55. The molecule has 0 saturated carbocycles. The van der Waals surface area contributed by atoms with Crippen LogP contribution in [-0.4, -0.2) is 24.8 Å². The van der Waals surface area contributed by atoms with Gasteiger partial charge in [0, 0.05) is 0 Å². The lowest BCUT2D eigenvalue weighted by molar-refractivity contribution is -0.161. The van der Waals surface area contributed by atoms with E-state index in [4.69, 9.17) is 9.47 Å². The van der Waals surface area contributed by atoms with Crippen molar-refractivity contribution in [3.05, 3.63) is 29.8 Å². The van der Waals surface area contributed by atoms with E-state index in [0.717, 1.165) is 0 Å². The average molecular weight is 280 g/mol. The number of methoxy groups -OCH3 is 1. The van der Waals surface area contributed by atoms with Gasteiger partial charge >= 0.3 is 5.97 Å². The van der Waals surface area contributed by atoms with E-state index in [1.165, 1.54) is 0 Å². The zero-order chi connectivity index (χ0) is 15.3. The van der Waals surface area contributed by atoms with Crippen LogP contribution in [0.25, 0.3) is 0 Å². The lowest BCUT2D eigenvalue weighted by Gasteiger charge is -2.34. The van der Waals surface area contributed by atoms with E-state index in [-0.39, 0.29) is 11.9 Å². The highest BCUT2D eigenvalue weighted by Gasteiger charge is 2.42. The summed E-state index contributed by atoms with van der Waals surface area (Å²) < 4.78 is 10.3. The molecule has 2 atom stereocenters. The molecule has 0 fully saturated rings. The molecule has 1 aromatic rings. The number of rotatable bonds is 6. The molecule has 0 aromatic heterocycles. The van der Waals surface area contributed by atoms with E-state index in [2.05, 4.69) is 0 Å². The number of carbonyl (C=O) groups is 1. The number of hydrogen-bond donors (Lipinski definition) is 1. The second kappa shape index (κ2) is 6.75. The molecule has 1 rings (SSSR count). The van der Waals surface area contributed by atoms with Crippen molar-refractivity contribution < 1.29 is 19.4 Å². The molecule has 0 bridgehead atoms. The van der Waals surface area contributed by atoms with Crippen LogP contribution in [0.4, 0.5) is 0 Å². The summed E-state index contributed by atoms with van der Waals surface area (Å²) in [5, 5.41) is 10.9. The van der Waals surface area contributed by atoms with Crippen LogP contribution < -0.4 is 4.74 Å². The first kappa shape index (κ1) is 16.5. The third-order valence-corrected chi connectivity index (χ3v) is 3.47. The first-order valence-corrected chi connectivity index (χ1v) is 6.88. The first-order chi connectivity index (χ1) is 9.34. The van der Waals surface area contributed by atoms with Crippen LogP contribution in [0.1, 0.15) is 33.3 Å². The Morgan fingerprint density at radius 2 is 2.05 bits per heavy atom. The number of aliphatic hydroxyl groups is 1. The van der Waals surface area contributed by atoms with Crippen LogP contribution in [0.15, 0.2) is 24.3 Å². The SMILES string of the molecule is CCOC(=O)C(C(C)C)C(C)(O)c1cccc(OC)c1. The maximum atomic E-state index is 12.1. The molecule has 2 unspecified atom stereocenters. The van der Waals surface area contributed by atoms with E-state index in [9.17, 15) is 9.90 Å². The third kappa shape index (κ3) is 3.51. The van der Waals surface area contributed by atoms with Crippen LogP contribution in [0.2, 0.25) is 0 Å². The van der Waals surface area contributed by atoms with Gasteiger partial charge in [0.05, 0.1) is 19.6 Å². The van der Waals surface area contributed by atoms with Crippen LogP contribution in [0.3, 0.4) is 0 Å². The maximum absolute atomic E-state index is 12.1. The smallest absolute Gasteiger partial charge is 0.312 e. The van der Waals surface area contributed by atoms with E-state index in [1.54, 1.807) is 45.2 Å². The molecule has 4 nitrogen and oxygen atoms in total. The van der Waals surface area contributed by atoms with Gasteiger partial charge in [0.15, 0.2) is 0 Å². The van der Waals surface area contributed by atoms with Gasteiger partial charge in [-0.3, -0.25) is 4.79 Å². The summed E-state index contributed by atoms with van der Waals surface area (Å²) in [6.07, 6.45) is 0. The lowest BCUT2D eigenvalue weighted by atomic mass is 9.76. The minimum absolute atomic E-state index is 0.0461. The highest BCUT2D eigenvalue weighted by atomic mass is 16.5. The van der Waals surface area contributed by atoms with Crippen molar-refractivity contribution in [1.29, 1.82) is 0 Å². The van der Waals surface area contributed by atoms with Crippen LogP contribution in [-0.2, 0) is 15.1 Å². The summed E-state index contributed by atoms with van der Waals surface area (Å²) in [7, 11) is 1.57. The summed E-state index contributed by atoms with van der Waals surface area (Å²) in [4.78, 5) is 12.1. The quantitative estimate of drug-likeness (QED) is 0.814. The van der Waals surface area contributed by atoms with Crippen LogP contribution >= 0.6 is 0 Å². The normalized spacial score (nSPS) is 15.6. The zero-order valence-corrected chi connectivity index (χ0v) is 12.8. The highest BCUT2D eigenvalue weighted by molar-refractivity contribution is 5.74. The fourth-order valence-corrected chi connectivity index (χ4v) is 2.50. The molecule has 0 amide bonds. The second-order valence-electron chi connectivity index (χ2n) is 5.35. The van der Waals surface area contributed by atoms with Gasteiger partial charge in [-0.05, 0) is 37.5 Å². The van der Waals surface area contributed by atoms with Crippen molar-refractivity contribution in [3.8, 4) is 5.75 Å². The van der Waals surface area contributed by atoms with Crippen molar-refractivity contribution >= 4 is 5.97 Å².